The van der Waals surface area contributed by atoms with Gasteiger partial charge in [-0.25, -0.2) is 9.78 Å². The number of carboxylic acids is 1. The van der Waals surface area contributed by atoms with Crippen molar-refractivity contribution in [1.29, 1.82) is 0 Å². The van der Waals surface area contributed by atoms with Gasteiger partial charge < -0.3 is 14.6 Å². The van der Waals surface area contributed by atoms with E-state index >= 15 is 0 Å². The van der Waals surface area contributed by atoms with Crippen molar-refractivity contribution in [2.45, 2.75) is 4.90 Å². The van der Waals surface area contributed by atoms with E-state index in [0.717, 1.165) is 10.5 Å². The summed E-state index contributed by atoms with van der Waals surface area (Å²) < 4.78 is 11.2. The van der Waals surface area contributed by atoms with E-state index < -0.39 is 5.97 Å². The first kappa shape index (κ1) is 15.8. The lowest BCUT2D eigenvalue weighted by Crippen LogP contribution is -2.15. The first-order valence-corrected chi connectivity index (χ1v) is 9.00. The molecule has 0 saturated heterocycles. The van der Waals surface area contributed by atoms with Gasteiger partial charge in [0.15, 0.2) is 11.5 Å². The highest BCUT2D eigenvalue weighted by atomic mass is 32.2. The van der Waals surface area contributed by atoms with Gasteiger partial charge in [-0.1, -0.05) is 12.1 Å². The summed E-state index contributed by atoms with van der Waals surface area (Å²) in [6.45, 7) is 0.925. The van der Waals surface area contributed by atoms with Crippen LogP contribution in [0.25, 0.3) is 22.2 Å². The number of hydrogen-bond donors (Lipinski definition) is 1. The zero-order chi connectivity index (χ0) is 17.4. The number of ether oxygens (including phenoxy) is 2. The van der Waals surface area contributed by atoms with Gasteiger partial charge in [0.25, 0.3) is 0 Å². The van der Waals surface area contributed by atoms with Gasteiger partial charge >= 0.3 is 5.97 Å². The summed E-state index contributed by atoms with van der Waals surface area (Å²) in [6.07, 6.45) is 2.01. The molecule has 0 amide bonds. The van der Waals surface area contributed by atoms with Gasteiger partial charge in [-0.15, -0.1) is 11.8 Å². The van der Waals surface area contributed by atoms with E-state index in [1.807, 2.05) is 30.5 Å². The number of aromatic nitrogens is 1. The molecule has 25 heavy (non-hydrogen) atoms. The van der Waals surface area contributed by atoms with Crippen LogP contribution in [0, 0.1) is 0 Å². The Morgan fingerprint density at radius 1 is 1.08 bits per heavy atom. The molecule has 2 aromatic carbocycles. The van der Waals surface area contributed by atoms with E-state index in [4.69, 9.17) is 9.47 Å². The molecular formula is C19H15NO4S. The topological polar surface area (TPSA) is 68.7 Å². The summed E-state index contributed by atoms with van der Waals surface area (Å²) in [5, 5.41) is 10.2. The molecule has 1 aliphatic heterocycles. The Balaban J connectivity index is 1.92. The van der Waals surface area contributed by atoms with Crippen molar-refractivity contribution >= 4 is 28.6 Å². The second kappa shape index (κ2) is 6.29. The fourth-order valence-electron chi connectivity index (χ4n) is 2.85. The Labute approximate surface area is 148 Å². The normalized spacial score (nSPS) is 13.0. The smallest absolute Gasteiger partial charge is 0.336 e. The van der Waals surface area contributed by atoms with Gasteiger partial charge in [0.05, 0.1) is 16.8 Å². The maximum absolute atomic E-state index is 11.8. The van der Waals surface area contributed by atoms with Crippen LogP contribution in [0.4, 0.5) is 0 Å². The lowest BCUT2D eigenvalue weighted by molar-refractivity contribution is 0.0699. The quantitative estimate of drug-likeness (QED) is 0.715. The second-order valence-electron chi connectivity index (χ2n) is 5.60. The van der Waals surface area contributed by atoms with E-state index in [9.17, 15) is 9.90 Å². The fraction of sp³-hybridized carbons (Fsp3) is 0.158. The van der Waals surface area contributed by atoms with E-state index in [1.165, 1.54) is 0 Å². The van der Waals surface area contributed by atoms with Crippen LogP contribution in [0.3, 0.4) is 0 Å². The van der Waals surface area contributed by atoms with Crippen molar-refractivity contribution in [2.24, 2.45) is 0 Å². The van der Waals surface area contributed by atoms with Crippen LogP contribution in [0.2, 0.25) is 0 Å². The number of aromatic carboxylic acids is 1. The van der Waals surface area contributed by atoms with Crippen LogP contribution < -0.4 is 9.47 Å². The van der Waals surface area contributed by atoms with E-state index in [-0.39, 0.29) is 5.56 Å². The molecule has 0 radical (unpaired) electrons. The highest BCUT2D eigenvalue weighted by molar-refractivity contribution is 7.98. The van der Waals surface area contributed by atoms with Crippen molar-refractivity contribution in [3.8, 4) is 22.8 Å². The molecule has 6 heteroatoms. The molecule has 0 atom stereocenters. The molecule has 0 bridgehead atoms. The molecular weight excluding hydrogens is 338 g/mol. The lowest BCUT2D eigenvalue weighted by atomic mass is 10.0. The number of carboxylic acid groups (broad SMARTS) is 1. The van der Waals surface area contributed by atoms with Gasteiger partial charge in [0.2, 0.25) is 0 Å². The van der Waals surface area contributed by atoms with Crippen molar-refractivity contribution in [3.05, 3.63) is 48.0 Å². The number of fused-ring (bicyclic) bond motifs is 2. The number of pyridine rings is 1. The van der Waals surface area contributed by atoms with Crippen LogP contribution >= 0.6 is 11.8 Å². The summed E-state index contributed by atoms with van der Waals surface area (Å²) >= 11 is 1.65. The maximum Gasteiger partial charge on any atom is 0.336 e. The summed E-state index contributed by atoms with van der Waals surface area (Å²) in [5.41, 5.74) is 2.27. The average Bonchev–Trinajstić information content (AvgIpc) is 2.65. The molecule has 5 nitrogen and oxygen atoms in total. The molecule has 0 saturated carbocycles. The predicted molar refractivity (Wildman–Crippen MR) is 96.9 cm³/mol. The largest absolute Gasteiger partial charge is 0.486 e. The first-order valence-electron chi connectivity index (χ1n) is 7.78. The van der Waals surface area contributed by atoms with Gasteiger partial charge in [-0.3, -0.25) is 0 Å². The molecule has 0 spiro atoms. The van der Waals surface area contributed by atoms with Crippen molar-refractivity contribution in [2.75, 3.05) is 19.5 Å². The Bertz CT molecular complexity index is 969. The average molecular weight is 353 g/mol. The van der Waals surface area contributed by atoms with Gasteiger partial charge in [-0.05, 0) is 30.5 Å². The fourth-order valence-corrected chi connectivity index (χ4v) is 3.26. The predicted octanol–water partition coefficient (Wildman–Crippen LogP) is 4.09. The standard InChI is InChI=1S/C19H15NO4S/c1-25-12-4-2-11(3-5-12)15-8-14(19(21)22)13-9-17-18(10-16(13)20-15)24-7-6-23-17/h2-5,8-10H,6-7H2,1H3,(H,21,22). The Morgan fingerprint density at radius 3 is 2.40 bits per heavy atom. The third-order valence-corrected chi connectivity index (χ3v) is 4.83. The third-order valence-electron chi connectivity index (χ3n) is 4.09. The molecule has 4 rings (SSSR count). The van der Waals surface area contributed by atoms with Gasteiger partial charge in [0, 0.05) is 21.9 Å². The molecule has 0 aliphatic carbocycles. The Morgan fingerprint density at radius 2 is 1.76 bits per heavy atom. The van der Waals surface area contributed by atoms with Crippen LogP contribution in [-0.2, 0) is 0 Å². The van der Waals surface area contributed by atoms with Crippen molar-refractivity contribution in [3.63, 3.8) is 0 Å². The Kier molecular flexibility index (Phi) is 3.97. The number of thioether (sulfide) groups is 1. The minimum absolute atomic E-state index is 0.200. The number of carbonyl (C=O) groups is 1. The molecule has 0 fully saturated rings. The second-order valence-corrected chi connectivity index (χ2v) is 6.48. The molecule has 1 N–H and O–H groups in total. The molecule has 1 aromatic heterocycles. The van der Waals surface area contributed by atoms with Crippen molar-refractivity contribution < 1.29 is 19.4 Å². The SMILES string of the molecule is CSc1ccc(-c2cc(C(=O)O)c3cc4c(cc3n2)OCCO4)cc1. The molecule has 1 aliphatic rings. The van der Waals surface area contributed by atoms with Crippen LogP contribution in [0.1, 0.15) is 10.4 Å². The summed E-state index contributed by atoms with van der Waals surface area (Å²) in [4.78, 5) is 17.6. The summed E-state index contributed by atoms with van der Waals surface area (Å²) in [5.74, 6) is 0.156. The molecule has 126 valence electrons. The Hall–Kier alpha value is -2.73. The van der Waals surface area contributed by atoms with E-state index in [2.05, 4.69) is 4.98 Å². The van der Waals surface area contributed by atoms with Crippen LogP contribution in [0.15, 0.2) is 47.4 Å². The van der Waals surface area contributed by atoms with Crippen molar-refractivity contribution in [1.82, 2.24) is 4.98 Å². The highest BCUT2D eigenvalue weighted by Gasteiger charge is 2.19. The molecule has 3 aromatic rings. The monoisotopic (exact) mass is 353 g/mol. The minimum Gasteiger partial charge on any atom is -0.486 e. The number of benzene rings is 2. The minimum atomic E-state index is -0.994. The summed E-state index contributed by atoms with van der Waals surface area (Å²) in [6, 6.07) is 12.9. The summed E-state index contributed by atoms with van der Waals surface area (Å²) in [7, 11) is 0. The number of hydrogen-bond acceptors (Lipinski definition) is 5. The highest BCUT2D eigenvalue weighted by Crippen LogP contribution is 2.36. The van der Waals surface area contributed by atoms with Crippen LogP contribution in [-0.4, -0.2) is 35.5 Å². The lowest BCUT2D eigenvalue weighted by Gasteiger charge is -2.19. The zero-order valence-electron chi connectivity index (χ0n) is 13.5. The third kappa shape index (κ3) is 2.89. The van der Waals surface area contributed by atoms with Gasteiger partial charge in [0.1, 0.15) is 13.2 Å². The number of nitrogens with zero attached hydrogens (tertiary/aromatic N) is 1. The maximum atomic E-state index is 11.8. The first-order chi connectivity index (χ1) is 12.2. The molecule has 0 unspecified atom stereocenters. The zero-order valence-corrected chi connectivity index (χ0v) is 14.3. The number of rotatable bonds is 3. The van der Waals surface area contributed by atoms with E-state index in [1.54, 1.807) is 30.0 Å². The van der Waals surface area contributed by atoms with Gasteiger partial charge in [-0.2, -0.15) is 0 Å². The van der Waals surface area contributed by atoms with Crippen LogP contribution in [0.5, 0.6) is 11.5 Å². The molecule has 2 heterocycles. The van der Waals surface area contributed by atoms with E-state index in [0.29, 0.717) is 41.3 Å².